The first-order valence-electron chi connectivity index (χ1n) is 8.50. The van der Waals surface area contributed by atoms with Crippen molar-refractivity contribution in [3.63, 3.8) is 0 Å². The Morgan fingerprint density at radius 3 is 2.56 bits per heavy atom. The van der Waals surface area contributed by atoms with E-state index in [2.05, 4.69) is 10.1 Å². The normalized spacial score (nSPS) is 16.6. The minimum atomic E-state index is -3.77. The fraction of sp³-hybridized carbons (Fsp3) is 0.278. The Morgan fingerprint density at radius 2 is 1.89 bits per heavy atom. The highest BCUT2D eigenvalue weighted by atomic mass is 32.2. The molecule has 1 saturated heterocycles. The van der Waals surface area contributed by atoms with Gasteiger partial charge in [0.25, 0.3) is 5.71 Å². The number of hydrogen-bond donors (Lipinski definition) is 1. The van der Waals surface area contributed by atoms with E-state index >= 15 is 0 Å². The fourth-order valence-corrected chi connectivity index (χ4v) is 4.69. The fourth-order valence-electron chi connectivity index (χ4n) is 3.25. The summed E-state index contributed by atoms with van der Waals surface area (Å²) in [6.07, 6.45) is 1.85. The standard InChI is InChI=1S/C18H17N3O5S/c22-18(23)13-6-8-21(9-7-13)27(24,25)14-10-15-16(12-4-2-1-3-5-12)20-26-17(15)19-11-14/h1-5,10-11,13H,6-9H2,(H,22,23). The summed E-state index contributed by atoms with van der Waals surface area (Å²) >= 11 is 0. The maximum absolute atomic E-state index is 13.0. The van der Waals surface area contributed by atoms with Crippen LogP contribution in [-0.2, 0) is 14.8 Å². The van der Waals surface area contributed by atoms with Crippen molar-refractivity contribution in [2.24, 2.45) is 5.92 Å². The van der Waals surface area contributed by atoms with Crippen LogP contribution in [-0.4, -0.2) is 47.0 Å². The molecule has 3 heterocycles. The number of hydrogen-bond acceptors (Lipinski definition) is 6. The summed E-state index contributed by atoms with van der Waals surface area (Å²) in [5, 5.41) is 13.6. The SMILES string of the molecule is O=C(O)C1CCN(S(=O)(=O)c2cnc3onc(-c4ccccc4)c3c2)CC1. The summed E-state index contributed by atoms with van der Waals surface area (Å²) in [4.78, 5) is 15.2. The topological polar surface area (TPSA) is 114 Å². The van der Waals surface area contributed by atoms with Crippen molar-refractivity contribution in [2.75, 3.05) is 13.1 Å². The maximum Gasteiger partial charge on any atom is 0.306 e. The molecule has 1 fully saturated rings. The van der Waals surface area contributed by atoms with Crippen LogP contribution in [0.4, 0.5) is 0 Å². The van der Waals surface area contributed by atoms with E-state index < -0.39 is 21.9 Å². The van der Waals surface area contributed by atoms with Gasteiger partial charge in [-0.15, -0.1) is 0 Å². The van der Waals surface area contributed by atoms with Gasteiger partial charge < -0.3 is 9.63 Å². The molecule has 1 N–H and O–H groups in total. The first-order valence-corrected chi connectivity index (χ1v) is 9.94. The van der Waals surface area contributed by atoms with Gasteiger partial charge in [-0.25, -0.2) is 13.4 Å². The minimum absolute atomic E-state index is 0.0455. The number of piperidine rings is 1. The summed E-state index contributed by atoms with van der Waals surface area (Å²) in [7, 11) is -3.77. The van der Waals surface area contributed by atoms with Crippen molar-refractivity contribution in [2.45, 2.75) is 17.7 Å². The number of sulfonamides is 1. The highest BCUT2D eigenvalue weighted by molar-refractivity contribution is 7.89. The summed E-state index contributed by atoms with van der Waals surface area (Å²) < 4.78 is 32.5. The predicted molar refractivity (Wildman–Crippen MR) is 96.4 cm³/mol. The quantitative estimate of drug-likeness (QED) is 0.731. The predicted octanol–water partition coefficient (Wildman–Crippen LogP) is 2.38. The van der Waals surface area contributed by atoms with Crippen molar-refractivity contribution in [1.29, 1.82) is 0 Å². The summed E-state index contributed by atoms with van der Waals surface area (Å²) in [5.41, 5.74) is 1.59. The number of nitrogens with zero attached hydrogens (tertiary/aromatic N) is 3. The molecule has 1 aliphatic heterocycles. The van der Waals surface area contributed by atoms with Crippen LogP contribution in [0, 0.1) is 5.92 Å². The highest BCUT2D eigenvalue weighted by Crippen LogP contribution is 2.30. The lowest BCUT2D eigenvalue weighted by molar-refractivity contribution is -0.142. The van der Waals surface area contributed by atoms with Crippen LogP contribution in [0.3, 0.4) is 0 Å². The van der Waals surface area contributed by atoms with Gasteiger partial charge in [0.1, 0.15) is 10.6 Å². The Morgan fingerprint density at radius 1 is 1.19 bits per heavy atom. The lowest BCUT2D eigenvalue weighted by atomic mass is 9.99. The van der Waals surface area contributed by atoms with Crippen molar-refractivity contribution in [3.05, 3.63) is 42.6 Å². The second-order valence-electron chi connectivity index (χ2n) is 6.44. The highest BCUT2D eigenvalue weighted by Gasteiger charge is 2.32. The number of benzene rings is 1. The van der Waals surface area contributed by atoms with Crippen LogP contribution in [0.1, 0.15) is 12.8 Å². The van der Waals surface area contributed by atoms with Gasteiger partial charge in [0.05, 0.1) is 17.5 Å². The number of aliphatic carboxylic acids is 1. The molecule has 0 atom stereocenters. The zero-order chi connectivity index (χ0) is 19.0. The summed E-state index contributed by atoms with van der Waals surface area (Å²) in [6, 6.07) is 10.8. The number of carboxylic acids is 1. The molecule has 0 bridgehead atoms. The van der Waals surface area contributed by atoms with Gasteiger partial charge in [-0.3, -0.25) is 4.79 Å². The zero-order valence-corrected chi connectivity index (χ0v) is 15.1. The summed E-state index contributed by atoms with van der Waals surface area (Å²) in [5.74, 6) is -1.38. The molecule has 140 valence electrons. The molecule has 3 aromatic rings. The van der Waals surface area contributed by atoms with Crippen LogP contribution < -0.4 is 0 Å². The van der Waals surface area contributed by atoms with Crippen molar-refractivity contribution in [1.82, 2.24) is 14.4 Å². The Hall–Kier alpha value is -2.78. The second-order valence-corrected chi connectivity index (χ2v) is 8.38. The van der Waals surface area contributed by atoms with Crippen LogP contribution in [0.2, 0.25) is 0 Å². The maximum atomic E-state index is 13.0. The Labute approximate surface area is 155 Å². The van der Waals surface area contributed by atoms with Crippen molar-refractivity contribution < 1.29 is 22.8 Å². The van der Waals surface area contributed by atoms with Gasteiger partial charge in [-0.05, 0) is 18.9 Å². The van der Waals surface area contributed by atoms with Gasteiger partial charge in [0.15, 0.2) is 0 Å². The van der Waals surface area contributed by atoms with Gasteiger partial charge in [0, 0.05) is 18.7 Å². The molecule has 0 amide bonds. The minimum Gasteiger partial charge on any atom is -0.481 e. The number of fused-ring (bicyclic) bond motifs is 1. The van der Waals surface area contributed by atoms with Gasteiger partial charge in [-0.2, -0.15) is 4.31 Å². The second kappa shape index (κ2) is 6.75. The molecular weight excluding hydrogens is 370 g/mol. The molecule has 0 radical (unpaired) electrons. The van der Waals surface area contributed by atoms with Crippen LogP contribution in [0.25, 0.3) is 22.4 Å². The first-order chi connectivity index (χ1) is 13.0. The van der Waals surface area contributed by atoms with E-state index in [1.165, 1.54) is 16.6 Å². The smallest absolute Gasteiger partial charge is 0.306 e. The van der Waals surface area contributed by atoms with E-state index in [1.54, 1.807) is 0 Å². The van der Waals surface area contributed by atoms with Crippen LogP contribution in [0.15, 0.2) is 52.0 Å². The summed E-state index contributed by atoms with van der Waals surface area (Å²) in [6.45, 7) is 0.346. The van der Waals surface area contributed by atoms with E-state index in [4.69, 9.17) is 9.63 Å². The average Bonchev–Trinajstić information content (AvgIpc) is 3.12. The lowest BCUT2D eigenvalue weighted by Crippen LogP contribution is -2.40. The Balaban J connectivity index is 1.68. The Bertz CT molecular complexity index is 1090. The van der Waals surface area contributed by atoms with E-state index in [0.29, 0.717) is 23.9 Å². The van der Waals surface area contributed by atoms with Gasteiger partial charge >= 0.3 is 5.97 Å². The molecule has 0 aliphatic carbocycles. The molecule has 0 spiro atoms. The zero-order valence-electron chi connectivity index (χ0n) is 14.3. The number of carboxylic acid groups (broad SMARTS) is 1. The molecule has 0 saturated carbocycles. The number of carbonyl (C=O) groups is 1. The number of rotatable bonds is 4. The molecule has 2 aromatic heterocycles. The van der Waals surface area contributed by atoms with E-state index in [-0.39, 0.29) is 23.7 Å². The lowest BCUT2D eigenvalue weighted by Gasteiger charge is -2.29. The van der Waals surface area contributed by atoms with Crippen molar-refractivity contribution >= 4 is 27.1 Å². The average molecular weight is 387 g/mol. The first kappa shape index (κ1) is 17.6. The third-order valence-electron chi connectivity index (χ3n) is 4.79. The number of aromatic nitrogens is 2. The number of pyridine rings is 1. The van der Waals surface area contributed by atoms with Gasteiger partial charge in [-0.1, -0.05) is 35.5 Å². The van der Waals surface area contributed by atoms with Gasteiger partial charge in [0.2, 0.25) is 10.0 Å². The Kier molecular flexibility index (Phi) is 4.40. The van der Waals surface area contributed by atoms with E-state index in [1.807, 2.05) is 30.3 Å². The molecule has 0 unspecified atom stereocenters. The largest absolute Gasteiger partial charge is 0.481 e. The monoisotopic (exact) mass is 387 g/mol. The third-order valence-corrected chi connectivity index (χ3v) is 6.66. The molecule has 9 heteroatoms. The van der Waals surface area contributed by atoms with E-state index in [0.717, 1.165) is 5.56 Å². The molecule has 1 aliphatic rings. The van der Waals surface area contributed by atoms with E-state index in [9.17, 15) is 13.2 Å². The molecular formula is C18H17N3O5S. The molecule has 4 rings (SSSR count). The molecule has 8 nitrogen and oxygen atoms in total. The molecule has 1 aromatic carbocycles. The third kappa shape index (κ3) is 3.19. The van der Waals surface area contributed by atoms with Crippen LogP contribution in [0.5, 0.6) is 0 Å². The van der Waals surface area contributed by atoms with Crippen LogP contribution >= 0.6 is 0 Å². The van der Waals surface area contributed by atoms with Crippen molar-refractivity contribution in [3.8, 4) is 11.3 Å². The molecule has 27 heavy (non-hydrogen) atoms.